The van der Waals surface area contributed by atoms with E-state index in [2.05, 4.69) is 0 Å². The third-order valence-electron chi connectivity index (χ3n) is 0.963. The largest absolute Gasteiger partial charge is 0.508 e. The Morgan fingerprint density at radius 3 is 1.71 bits per heavy atom. The van der Waals surface area contributed by atoms with Crippen molar-refractivity contribution in [3.63, 3.8) is 0 Å². The second kappa shape index (κ2) is 5.90. The molecule has 0 saturated heterocycles. The Balaban J connectivity index is 0.000000241. The average Bonchev–Trinajstić information content (AvgIpc) is 2.04. The SMILES string of the molecule is O=[N+]([O-])C(Cl)(Cl)Cl.Oc1ccccc1. The smallest absolute Gasteiger partial charge is 0.449 e. The number of benzene rings is 1. The highest BCUT2D eigenvalue weighted by Crippen LogP contribution is 2.25. The first-order chi connectivity index (χ1) is 6.34. The van der Waals surface area contributed by atoms with Gasteiger partial charge in [-0.3, -0.25) is 10.1 Å². The quantitative estimate of drug-likeness (QED) is 0.337. The fourth-order valence-electron chi connectivity index (χ4n) is 0.428. The van der Waals surface area contributed by atoms with E-state index in [1.54, 1.807) is 24.3 Å². The molecule has 0 saturated carbocycles. The third-order valence-corrected chi connectivity index (χ3v) is 1.38. The number of para-hydroxylation sites is 1. The number of hydrogen-bond acceptors (Lipinski definition) is 3. The van der Waals surface area contributed by atoms with Gasteiger partial charge in [-0.2, -0.15) is 0 Å². The normalized spacial score (nSPS) is 9.93. The molecule has 0 aliphatic rings. The zero-order valence-corrected chi connectivity index (χ0v) is 9.00. The van der Waals surface area contributed by atoms with E-state index in [4.69, 9.17) is 39.9 Å². The maximum atomic E-state index is 9.43. The van der Waals surface area contributed by atoms with Crippen LogP contribution in [0.2, 0.25) is 0 Å². The van der Waals surface area contributed by atoms with Gasteiger partial charge in [0.1, 0.15) is 5.75 Å². The third kappa shape index (κ3) is 6.77. The van der Waals surface area contributed by atoms with Crippen LogP contribution in [0.1, 0.15) is 0 Å². The van der Waals surface area contributed by atoms with Gasteiger partial charge in [0.15, 0.2) is 0 Å². The molecule has 0 aliphatic heterocycles. The predicted molar refractivity (Wildman–Crippen MR) is 55.4 cm³/mol. The van der Waals surface area contributed by atoms with Gasteiger partial charge in [0.25, 0.3) is 0 Å². The van der Waals surface area contributed by atoms with Crippen molar-refractivity contribution in [3.05, 3.63) is 40.4 Å². The van der Waals surface area contributed by atoms with Crippen LogP contribution in [0.4, 0.5) is 0 Å². The van der Waals surface area contributed by atoms with Crippen LogP contribution in [-0.2, 0) is 0 Å². The second-order valence-electron chi connectivity index (χ2n) is 2.06. The average molecular weight is 258 g/mol. The Hall–Kier alpha value is -0.710. The Bertz CT molecular complexity index is 286. The number of rotatable bonds is 0. The molecule has 0 bridgehead atoms. The molecule has 0 atom stereocenters. The molecule has 14 heavy (non-hydrogen) atoms. The van der Waals surface area contributed by atoms with Gasteiger partial charge < -0.3 is 5.11 Å². The molecule has 1 aromatic rings. The predicted octanol–water partition coefficient (Wildman–Crippen LogP) is 2.98. The van der Waals surface area contributed by atoms with E-state index < -0.39 is 8.84 Å². The summed E-state index contributed by atoms with van der Waals surface area (Å²) in [7, 11) is 0. The number of alkyl halides is 3. The molecule has 0 aliphatic carbocycles. The molecule has 0 spiro atoms. The van der Waals surface area contributed by atoms with Crippen molar-refractivity contribution >= 4 is 34.8 Å². The highest BCUT2D eigenvalue weighted by Gasteiger charge is 2.33. The van der Waals surface area contributed by atoms with Crippen LogP contribution < -0.4 is 0 Å². The highest BCUT2D eigenvalue weighted by atomic mass is 35.6. The van der Waals surface area contributed by atoms with Crippen LogP contribution in [0.15, 0.2) is 30.3 Å². The standard InChI is InChI=1S/C6H6O.CCl3NO2/c7-6-4-2-1-3-5-6;2-1(3,4)5(6)7/h1-5,7H;. The van der Waals surface area contributed by atoms with Gasteiger partial charge in [-0.05, 0) is 46.9 Å². The van der Waals surface area contributed by atoms with Crippen LogP contribution in [0, 0.1) is 10.1 Å². The van der Waals surface area contributed by atoms with E-state index in [-0.39, 0.29) is 0 Å². The molecule has 0 radical (unpaired) electrons. The molecular weight excluding hydrogens is 252 g/mol. The van der Waals surface area contributed by atoms with Gasteiger partial charge in [-0.1, -0.05) is 18.2 Å². The van der Waals surface area contributed by atoms with Gasteiger partial charge in [-0.15, -0.1) is 0 Å². The lowest BCUT2D eigenvalue weighted by Gasteiger charge is -1.96. The van der Waals surface area contributed by atoms with Gasteiger partial charge in [0.05, 0.1) is 4.92 Å². The number of nitro groups is 1. The Morgan fingerprint density at radius 2 is 1.57 bits per heavy atom. The van der Waals surface area contributed by atoms with Gasteiger partial charge in [-0.25, -0.2) is 0 Å². The second-order valence-corrected chi connectivity index (χ2v) is 4.28. The summed E-state index contributed by atoms with van der Waals surface area (Å²) in [4.78, 5) is 8.41. The van der Waals surface area contributed by atoms with Gasteiger partial charge in [0.2, 0.25) is 0 Å². The van der Waals surface area contributed by atoms with Crippen molar-refractivity contribution in [3.8, 4) is 5.75 Å². The lowest BCUT2D eigenvalue weighted by molar-refractivity contribution is -0.491. The molecule has 7 heteroatoms. The first-order valence-corrected chi connectivity index (χ1v) is 4.42. The summed E-state index contributed by atoms with van der Waals surface area (Å²) >= 11 is 14.1. The number of phenolic OH excluding ortho intramolecular Hbond substituents is 1. The van der Waals surface area contributed by atoms with E-state index >= 15 is 0 Å². The fraction of sp³-hybridized carbons (Fsp3) is 0.143. The van der Waals surface area contributed by atoms with E-state index in [0.717, 1.165) is 0 Å². The Kier molecular flexibility index (Phi) is 5.60. The van der Waals surface area contributed by atoms with E-state index in [1.807, 2.05) is 6.07 Å². The van der Waals surface area contributed by atoms with Crippen molar-refractivity contribution in [2.45, 2.75) is 3.92 Å². The Morgan fingerprint density at radius 1 is 1.21 bits per heavy atom. The first-order valence-electron chi connectivity index (χ1n) is 3.29. The molecule has 1 N–H and O–H groups in total. The number of halogens is 3. The van der Waals surface area contributed by atoms with Gasteiger partial charge in [0, 0.05) is 0 Å². The summed E-state index contributed by atoms with van der Waals surface area (Å²) in [6.45, 7) is 0. The van der Waals surface area contributed by atoms with Crippen LogP contribution in [-0.4, -0.2) is 13.9 Å². The minimum atomic E-state index is -2.36. The lowest BCUT2D eigenvalue weighted by atomic mass is 10.3. The van der Waals surface area contributed by atoms with Crippen molar-refractivity contribution in [2.24, 2.45) is 0 Å². The van der Waals surface area contributed by atoms with Gasteiger partial charge >= 0.3 is 3.92 Å². The summed E-state index contributed by atoms with van der Waals surface area (Å²) < 4.78 is -2.36. The van der Waals surface area contributed by atoms with Crippen molar-refractivity contribution in [1.29, 1.82) is 0 Å². The minimum Gasteiger partial charge on any atom is -0.508 e. The number of hydrogen-bond donors (Lipinski definition) is 1. The maximum absolute atomic E-state index is 9.43. The van der Waals surface area contributed by atoms with E-state index in [9.17, 15) is 10.1 Å². The monoisotopic (exact) mass is 257 g/mol. The molecule has 78 valence electrons. The molecule has 4 nitrogen and oxygen atoms in total. The van der Waals surface area contributed by atoms with Crippen LogP contribution in [0.25, 0.3) is 0 Å². The first kappa shape index (κ1) is 13.3. The van der Waals surface area contributed by atoms with E-state index in [0.29, 0.717) is 5.75 Å². The zero-order valence-electron chi connectivity index (χ0n) is 6.73. The molecule has 0 unspecified atom stereocenters. The fourth-order valence-corrected chi connectivity index (χ4v) is 0.428. The molecule has 0 fully saturated rings. The van der Waals surface area contributed by atoms with Crippen molar-refractivity contribution < 1.29 is 10.0 Å². The summed E-state index contributed by atoms with van der Waals surface area (Å²) in [5.41, 5.74) is 0. The van der Waals surface area contributed by atoms with Crippen LogP contribution in [0.3, 0.4) is 0 Å². The van der Waals surface area contributed by atoms with E-state index in [1.165, 1.54) is 0 Å². The van der Waals surface area contributed by atoms with Crippen LogP contribution >= 0.6 is 34.8 Å². The van der Waals surface area contributed by atoms with Crippen molar-refractivity contribution in [2.75, 3.05) is 0 Å². The molecular formula is C7H6Cl3NO3. The number of nitrogens with zero attached hydrogens (tertiary/aromatic N) is 1. The number of aromatic hydroxyl groups is 1. The maximum Gasteiger partial charge on any atom is 0.449 e. The van der Waals surface area contributed by atoms with Crippen LogP contribution in [0.5, 0.6) is 5.75 Å². The molecule has 1 aromatic carbocycles. The molecule has 0 aromatic heterocycles. The summed E-state index contributed by atoms with van der Waals surface area (Å²) in [6.07, 6.45) is 0. The molecule has 0 heterocycles. The molecule has 0 amide bonds. The lowest BCUT2D eigenvalue weighted by Crippen LogP contribution is -2.15. The highest BCUT2D eigenvalue weighted by molar-refractivity contribution is 6.65. The topological polar surface area (TPSA) is 63.4 Å². The minimum absolute atomic E-state index is 0.322. The summed E-state index contributed by atoms with van der Waals surface area (Å²) in [5, 5.41) is 18.1. The Labute approximate surface area is 95.2 Å². The number of phenols is 1. The zero-order chi connectivity index (χ0) is 11.2. The summed E-state index contributed by atoms with van der Waals surface area (Å²) in [5.74, 6) is 0.322. The van der Waals surface area contributed by atoms with Crippen molar-refractivity contribution in [1.82, 2.24) is 0 Å². The summed E-state index contributed by atoms with van der Waals surface area (Å²) in [6, 6.07) is 8.71. The molecule has 1 rings (SSSR count).